The first-order chi connectivity index (χ1) is 8.11. The highest BCUT2D eigenvalue weighted by Crippen LogP contribution is 2.42. The molecule has 0 amide bonds. The van der Waals surface area contributed by atoms with Crippen molar-refractivity contribution in [2.24, 2.45) is 30.5 Å². The fourth-order valence-corrected chi connectivity index (χ4v) is 3.19. The highest BCUT2D eigenvalue weighted by Gasteiger charge is 2.32. The summed E-state index contributed by atoms with van der Waals surface area (Å²) in [6.07, 6.45) is 8.09. The van der Waals surface area contributed by atoms with Crippen LogP contribution in [0.25, 0.3) is 0 Å². The minimum absolute atomic E-state index is 0.620. The van der Waals surface area contributed by atoms with Gasteiger partial charge in [-0.2, -0.15) is 5.10 Å². The first kappa shape index (κ1) is 12.6. The Labute approximate surface area is 104 Å². The Balaban J connectivity index is 2.15. The van der Waals surface area contributed by atoms with Crippen LogP contribution in [-0.4, -0.2) is 16.3 Å². The molecule has 1 fully saturated rings. The van der Waals surface area contributed by atoms with Crippen molar-refractivity contribution in [3.05, 3.63) is 18.0 Å². The van der Waals surface area contributed by atoms with Gasteiger partial charge in [0, 0.05) is 13.2 Å². The Morgan fingerprint density at radius 1 is 1.47 bits per heavy atom. The van der Waals surface area contributed by atoms with Gasteiger partial charge >= 0.3 is 0 Å². The third kappa shape index (κ3) is 2.71. The van der Waals surface area contributed by atoms with Gasteiger partial charge in [-0.15, -0.1) is 0 Å². The van der Waals surface area contributed by atoms with Gasteiger partial charge in [-0.3, -0.25) is 4.68 Å². The lowest BCUT2D eigenvalue weighted by Crippen LogP contribution is -2.30. The first-order valence-electron chi connectivity index (χ1n) is 6.80. The summed E-state index contributed by atoms with van der Waals surface area (Å²) in [5.74, 6) is 2.90. The van der Waals surface area contributed by atoms with Crippen LogP contribution in [0.15, 0.2) is 12.4 Å². The molecule has 1 saturated carbocycles. The molecule has 1 aliphatic rings. The number of hydrogen-bond donors (Lipinski definition) is 1. The number of aromatic nitrogens is 2. The molecule has 1 aromatic heterocycles. The lowest BCUT2D eigenvalue weighted by Gasteiger charge is -2.37. The number of hydrogen-bond acceptors (Lipinski definition) is 2. The van der Waals surface area contributed by atoms with Gasteiger partial charge in [-0.05, 0) is 55.0 Å². The molecule has 3 nitrogen and oxygen atoms in total. The fraction of sp³-hybridized carbons (Fsp3) is 0.786. The molecule has 2 rings (SSSR count). The van der Waals surface area contributed by atoms with Crippen LogP contribution in [0.5, 0.6) is 0 Å². The van der Waals surface area contributed by atoms with E-state index >= 15 is 0 Å². The quantitative estimate of drug-likeness (QED) is 0.875. The Bertz CT molecular complexity index is 356. The number of rotatable bonds is 3. The van der Waals surface area contributed by atoms with Crippen LogP contribution in [0.1, 0.15) is 44.6 Å². The standard InChI is InChI=1S/C14H25N3/c1-10(2)11-4-5-12(7-15)14(6-11)13-8-16-17(3)9-13/h8-12,14H,4-7,15H2,1-3H3. The molecule has 0 spiro atoms. The summed E-state index contributed by atoms with van der Waals surface area (Å²) >= 11 is 0. The van der Waals surface area contributed by atoms with Gasteiger partial charge in [0.25, 0.3) is 0 Å². The number of nitrogens with zero attached hydrogens (tertiary/aromatic N) is 2. The van der Waals surface area contributed by atoms with Crippen molar-refractivity contribution in [1.29, 1.82) is 0 Å². The summed E-state index contributed by atoms with van der Waals surface area (Å²) in [6.45, 7) is 5.49. The van der Waals surface area contributed by atoms with Crippen molar-refractivity contribution >= 4 is 0 Å². The van der Waals surface area contributed by atoms with E-state index in [-0.39, 0.29) is 0 Å². The monoisotopic (exact) mass is 235 g/mol. The van der Waals surface area contributed by atoms with Gasteiger partial charge in [0.2, 0.25) is 0 Å². The van der Waals surface area contributed by atoms with Crippen LogP contribution < -0.4 is 5.73 Å². The zero-order valence-electron chi connectivity index (χ0n) is 11.3. The molecule has 2 N–H and O–H groups in total. The van der Waals surface area contributed by atoms with Crippen LogP contribution >= 0.6 is 0 Å². The number of aryl methyl sites for hydroxylation is 1. The molecular weight excluding hydrogens is 210 g/mol. The van der Waals surface area contributed by atoms with E-state index in [4.69, 9.17) is 5.73 Å². The van der Waals surface area contributed by atoms with Gasteiger partial charge in [-0.25, -0.2) is 0 Å². The summed E-state index contributed by atoms with van der Waals surface area (Å²) in [5.41, 5.74) is 7.31. The highest BCUT2D eigenvalue weighted by molar-refractivity contribution is 5.14. The Kier molecular flexibility index (Phi) is 3.87. The van der Waals surface area contributed by atoms with Crippen LogP contribution in [0, 0.1) is 17.8 Å². The van der Waals surface area contributed by atoms with Crippen molar-refractivity contribution in [3.63, 3.8) is 0 Å². The number of nitrogens with two attached hydrogens (primary N) is 1. The Morgan fingerprint density at radius 3 is 2.76 bits per heavy atom. The molecule has 0 radical (unpaired) electrons. The molecule has 0 aliphatic heterocycles. The van der Waals surface area contributed by atoms with Crippen LogP contribution in [0.2, 0.25) is 0 Å². The second-order valence-corrected chi connectivity index (χ2v) is 5.87. The maximum absolute atomic E-state index is 5.93. The average molecular weight is 235 g/mol. The lowest BCUT2D eigenvalue weighted by atomic mass is 9.69. The topological polar surface area (TPSA) is 43.8 Å². The molecule has 3 atom stereocenters. The zero-order valence-corrected chi connectivity index (χ0v) is 11.3. The van der Waals surface area contributed by atoms with Crippen molar-refractivity contribution in [3.8, 4) is 0 Å². The van der Waals surface area contributed by atoms with Crippen LogP contribution in [0.4, 0.5) is 0 Å². The summed E-state index contributed by atoms with van der Waals surface area (Å²) < 4.78 is 1.90. The molecule has 0 saturated heterocycles. The van der Waals surface area contributed by atoms with Crippen molar-refractivity contribution in [1.82, 2.24) is 9.78 Å². The van der Waals surface area contributed by atoms with E-state index in [0.717, 1.165) is 18.4 Å². The van der Waals surface area contributed by atoms with Gasteiger partial charge in [-0.1, -0.05) is 13.8 Å². The molecule has 1 aromatic rings. The highest BCUT2D eigenvalue weighted by atomic mass is 15.2. The third-order valence-corrected chi connectivity index (χ3v) is 4.43. The summed E-state index contributed by atoms with van der Waals surface area (Å²) in [5, 5.41) is 4.31. The van der Waals surface area contributed by atoms with Gasteiger partial charge < -0.3 is 5.73 Å². The lowest BCUT2D eigenvalue weighted by molar-refractivity contribution is 0.197. The molecule has 3 unspecified atom stereocenters. The fourth-order valence-electron chi connectivity index (χ4n) is 3.19. The first-order valence-corrected chi connectivity index (χ1v) is 6.80. The molecule has 0 bridgehead atoms. The summed E-state index contributed by atoms with van der Waals surface area (Å²) in [6, 6.07) is 0. The molecule has 3 heteroatoms. The zero-order chi connectivity index (χ0) is 12.4. The molecule has 17 heavy (non-hydrogen) atoms. The summed E-state index contributed by atoms with van der Waals surface area (Å²) in [7, 11) is 1.99. The smallest absolute Gasteiger partial charge is 0.0524 e. The van der Waals surface area contributed by atoms with Crippen LogP contribution in [-0.2, 0) is 7.05 Å². The van der Waals surface area contributed by atoms with Gasteiger partial charge in [0.15, 0.2) is 0 Å². The molecule has 96 valence electrons. The van der Waals surface area contributed by atoms with Gasteiger partial charge in [0.05, 0.1) is 6.20 Å². The minimum atomic E-state index is 0.620. The van der Waals surface area contributed by atoms with Gasteiger partial charge in [0.1, 0.15) is 0 Å². The Hall–Kier alpha value is -0.830. The second kappa shape index (κ2) is 5.21. The Morgan fingerprint density at radius 2 is 2.24 bits per heavy atom. The molecule has 1 heterocycles. The second-order valence-electron chi connectivity index (χ2n) is 5.87. The van der Waals surface area contributed by atoms with E-state index in [1.54, 1.807) is 0 Å². The van der Waals surface area contributed by atoms with E-state index in [2.05, 4.69) is 25.1 Å². The van der Waals surface area contributed by atoms with E-state index in [0.29, 0.717) is 11.8 Å². The minimum Gasteiger partial charge on any atom is -0.330 e. The van der Waals surface area contributed by atoms with E-state index in [1.165, 1.54) is 24.8 Å². The van der Waals surface area contributed by atoms with E-state index in [9.17, 15) is 0 Å². The van der Waals surface area contributed by atoms with E-state index < -0.39 is 0 Å². The predicted octanol–water partition coefficient (Wildman–Crippen LogP) is 2.53. The van der Waals surface area contributed by atoms with Crippen molar-refractivity contribution in [2.75, 3.05) is 6.54 Å². The maximum atomic E-state index is 5.93. The van der Waals surface area contributed by atoms with Crippen molar-refractivity contribution in [2.45, 2.75) is 39.0 Å². The van der Waals surface area contributed by atoms with E-state index in [1.807, 2.05) is 17.9 Å². The molecule has 1 aliphatic carbocycles. The SMILES string of the molecule is CC(C)C1CCC(CN)C(c2cnn(C)c2)C1. The molecular formula is C14H25N3. The third-order valence-electron chi connectivity index (χ3n) is 4.43. The maximum Gasteiger partial charge on any atom is 0.0524 e. The molecule has 0 aromatic carbocycles. The normalized spacial score (nSPS) is 29.8. The predicted molar refractivity (Wildman–Crippen MR) is 70.7 cm³/mol. The van der Waals surface area contributed by atoms with Crippen molar-refractivity contribution < 1.29 is 0 Å². The summed E-state index contributed by atoms with van der Waals surface area (Å²) in [4.78, 5) is 0. The average Bonchev–Trinajstić information content (AvgIpc) is 2.74. The van der Waals surface area contributed by atoms with Crippen LogP contribution in [0.3, 0.4) is 0 Å². The largest absolute Gasteiger partial charge is 0.330 e.